The lowest BCUT2D eigenvalue weighted by Gasteiger charge is -2.35. The third-order valence-electron chi connectivity index (χ3n) is 2.91. The van der Waals surface area contributed by atoms with Gasteiger partial charge in [-0.1, -0.05) is 11.6 Å². The number of sulfonamides is 1. The average Bonchev–Trinajstić information content (AvgIpc) is 2.35. The molecule has 2 unspecified atom stereocenters. The molecule has 1 fully saturated rings. The molecule has 0 saturated carbocycles. The monoisotopic (exact) mass is 368 g/mol. The van der Waals surface area contributed by atoms with Crippen molar-refractivity contribution in [2.45, 2.75) is 30.9 Å². The van der Waals surface area contributed by atoms with E-state index in [4.69, 9.17) is 16.3 Å². The van der Waals surface area contributed by atoms with Crippen molar-refractivity contribution < 1.29 is 13.2 Å². The number of hydrogen-bond acceptors (Lipinski definition) is 4. The summed E-state index contributed by atoms with van der Waals surface area (Å²) in [5, 5.41) is -0.0189. The van der Waals surface area contributed by atoms with Crippen LogP contribution in [-0.4, -0.2) is 43.0 Å². The van der Waals surface area contributed by atoms with Crippen LogP contribution in [0.2, 0.25) is 5.15 Å². The Bertz CT molecular complexity index is 581. The van der Waals surface area contributed by atoms with Crippen LogP contribution in [0, 0.1) is 0 Å². The van der Waals surface area contributed by atoms with E-state index in [2.05, 4.69) is 20.9 Å². The summed E-state index contributed by atoms with van der Waals surface area (Å²) < 4.78 is 32.7. The number of hydrogen-bond donors (Lipinski definition) is 0. The van der Waals surface area contributed by atoms with Crippen LogP contribution in [0.25, 0.3) is 0 Å². The molecule has 1 aromatic heterocycles. The third-order valence-corrected chi connectivity index (χ3v) is 5.75. The Hall–Kier alpha value is -0.210. The molecule has 0 N–H and O–H groups in total. The largest absolute Gasteiger partial charge is 0.375 e. The van der Waals surface area contributed by atoms with E-state index in [0.717, 1.165) is 0 Å². The van der Waals surface area contributed by atoms with Crippen molar-refractivity contribution in [3.63, 3.8) is 0 Å². The molecule has 0 amide bonds. The number of ether oxygens (including phenoxy) is 1. The van der Waals surface area contributed by atoms with Crippen LogP contribution >= 0.6 is 27.5 Å². The lowest BCUT2D eigenvalue weighted by atomic mass is 10.2. The van der Waals surface area contributed by atoms with Gasteiger partial charge in [0.25, 0.3) is 0 Å². The molecule has 0 aliphatic carbocycles. The molecule has 5 nitrogen and oxygen atoms in total. The fraction of sp³-hybridized carbons (Fsp3) is 0.545. The molecule has 1 saturated heterocycles. The number of halogens is 2. The highest BCUT2D eigenvalue weighted by molar-refractivity contribution is 9.10. The second kappa shape index (κ2) is 5.65. The van der Waals surface area contributed by atoms with E-state index in [0.29, 0.717) is 17.6 Å². The standard InChI is InChI=1S/C11H14BrClN2O3S/c1-7-6-18-8(2)5-15(7)19(16,17)10-3-9(12)4-14-11(10)13/h3-4,7-8H,5-6H2,1-2H3. The van der Waals surface area contributed by atoms with Gasteiger partial charge < -0.3 is 4.74 Å². The van der Waals surface area contributed by atoms with Crippen molar-refractivity contribution >= 4 is 37.6 Å². The first kappa shape index (κ1) is 15.2. The van der Waals surface area contributed by atoms with Crippen LogP contribution in [0.5, 0.6) is 0 Å². The normalized spacial score (nSPS) is 25.5. The smallest absolute Gasteiger partial charge is 0.246 e. The van der Waals surface area contributed by atoms with Gasteiger partial charge in [0.15, 0.2) is 0 Å². The van der Waals surface area contributed by atoms with Crippen LogP contribution in [0.1, 0.15) is 13.8 Å². The van der Waals surface area contributed by atoms with E-state index in [9.17, 15) is 8.42 Å². The lowest BCUT2D eigenvalue weighted by molar-refractivity contribution is -0.0170. The summed E-state index contributed by atoms with van der Waals surface area (Å²) in [6, 6.07) is 1.24. The van der Waals surface area contributed by atoms with Gasteiger partial charge in [0.1, 0.15) is 10.0 Å². The predicted octanol–water partition coefficient (Wildman–Crippen LogP) is 2.30. The topological polar surface area (TPSA) is 59.5 Å². The van der Waals surface area contributed by atoms with Crippen molar-refractivity contribution in [1.29, 1.82) is 0 Å². The Morgan fingerprint density at radius 1 is 1.53 bits per heavy atom. The first-order valence-corrected chi connectivity index (χ1v) is 8.38. The minimum absolute atomic E-state index is 0.0180. The molecule has 1 aliphatic heterocycles. The highest BCUT2D eigenvalue weighted by atomic mass is 79.9. The van der Waals surface area contributed by atoms with E-state index in [-0.39, 0.29) is 22.2 Å². The maximum Gasteiger partial charge on any atom is 0.246 e. The molecule has 0 bridgehead atoms. The van der Waals surface area contributed by atoms with Crippen molar-refractivity contribution in [1.82, 2.24) is 9.29 Å². The van der Waals surface area contributed by atoms with Gasteiger partial charge in [-0.2, -0.15) is 4.31 Å². The molecule has 1 aliphatic rings. The van der Waals surface area contributed by atoms with Crippen molar-refractivity contribution in [3.05, 3.63) is 21.9 Å². The maximum atomic E-state index is 12.6. The quantitative estimate of drug-likeness (QED) is 0.751. The molecule has 0 spiro atoms. The van der Waals surface area contributed by atoms with Gasteiger partial charge in [-0.05, 0) is 35.8 Å². The molecule has 0 aromatic carbocycles. The Labute approximate surface area is 126 Å². The SMILES string of the molecule is CC1CN(S(=O)(=O)c2cc(Br)cnc2Cl)C(C)CO1. The second-order valence-corrected chi connectivity index (χ2v) is 7.64. The molecule has 2 heterocycles. The van der Waals surface area contributed by atoms with Gasteiger partial charge in [-0.3, -0.25) is 0 Å². The van der Waals surface area contributed by atoms with Gasteiger partial charge >= 0.3 is 0 Å². The predicted molar refractivity (Wildman–Crippen MR) is 75.7 cm³/mol. The summed E-state index contributed by atoms with van der Waals surface area (Å²) in [5.41, 5.74) is 0. The summed E-state index contributed by atoms with van der Waals surface area (Å²) in [6.07, 6.45) is 1.33. The van der Waals surface area contributed by atoms with Crippen LogP contribution in [0.4, 0.5) is 0 Å². The number of rotatable bonds is 2. The van der Waals surface area contributed by atoms with Crippen molar-refractivity contribution in [2.75, 3.05) is 13.2 Å². The fourth-order valence-electron chi connectivity index (χ4n) is 1.92. The summed E-state index contributed by atoms with van der Waals surface area (Å²) >= 11 is 9.13. The Kier molecular flexibility index (Phi) is 4.52. The molecule has 106 valence electrons. The van der Waals surface area contributed by atoms with Gasteiger partial charge in [-0.25, -0.2) is 13.4 Å². The summed E-state index contributed by atoms with van der Waals surface area (Å²) in [7, 11) is -3.67. The fourth-order valence-corrected chi connectivity index (χ4v) is 4.53. The minimum Gasteiger partial charge on any atom is -0.375 e. The second-order valence-electron chi connectivity index (χ2n) is 4.51. The molecular weight excluding hydrogens is 356 g/mol. The number of aromatic nitrogens is 1. The summed E-state index contributed by atoms with van der Waals surface area (Å²) in [4.78, 5) is 3.88. The number of morpholine rings is 1. The van der Waals surface area contributed by atoms with Crippen LogP contribution in [0.15, 0.2) is 21.6 Å². The zero-order valence-corrected chi connectivity index (χ0v) is 13.7. The third kappa shape index (κ3) is 3.11. The summed E-state index contributed by atoms with van der Waals surface area (Å²) in [5.74, 6) is 0. The molecule has 19 heavy (non-hydrogen) atoms. The average molecular weight is 370 g/mol. The molecule has 1 aromatic rings. The zero-order chi connectivity index (χ0) is 14.2. The first-order valence-electron chi connectivity index (χ1n) is 5.77. The Morgan fingerprint density at radius 3 is 2.89 bits per heavy atom. The van der Waals surface area contributed by atoms with E-state index in [1.54, 1.807) is 0 Å². The number of nitrogens with zero attached hydrogens (tertiary/aromatic N) is 2. The number of pyridine rings is 1. The van der Waals surface area contributed by atoms with E-state index in [1.807, 2.05) is 13.8 Å². The molecule has 0 radical (unpaired) electrons. The highest BCUT2D eigenvalue weighted by Crippen LogP contribution is 2.28. The molecule has 2 rings (SSSR count). The maximum absolute atomic E-state index is 12.6. The Balaban J connectivity index is 2.44. The molecular formula is C11H14BrClN2O3S. The van der Waals surface area contributed by atoms with E-state index >= 15 is 0 Å². The first-order chi connectivity index (χ1) is 8.82. The highest BCUT2D eigenvalue weighted by Gasteiger charge is 2.35. The van der Waals surface area contributed by atoms with E-state index in [1.165, 1.54) is 16.6 Å². The van der Waals surface area contributed by atoms with Crippen molar-refractivity contribution in [3.8, 4) is 0 Å². The molecule has 8 heteroatoms. The minimum atomic E-state index is -3.67. The Morgan fingerprint density at radius 2 is 2.21 bits per heavy atom. The van der Waals surface area contributed by atoms with Crippen LogP contribution < -0.4 is 0 Å². The van der Waals surface area contributed by atoms with Gasteiger partial charge in [-0.15, -0.1) is 0 Å². The van der Waals surface area contributed by atoms with Gasteiger partial charge in [0, 0.05) is 23.3 Å². The van der Waals surface area contributed by atoms with E-state index < -0.39 is 10.0 Å². The lowest BCUT2D eigenvalue weighted by Crippen LogP contribution is -2.50. The summed E-state index contributed by atoms with van der Waals surface area (Å²) in [6.45, 7) is 4.34. The zero-order valence-electron chi connectivity index (χ0n) is 10.5. The van der Waals surface area contributed by atoms with Gasteiger partial charge in [0.05, 0.1) is 12.7 Å². The molecule has 2 atom stereocenters. The van der Waals surface area contributed by atoms with Crippen LogP contribution in [0.3, 0.4) is 0 Å². The van der Waals surface area contributed by atoms with Crippen LogP contribution in [-0.2, 0) is 14.8 Å². The van der Waals surface area contributed by atoms with Gasteiger partial charge in [0.2, 0.25) is 10.0 Å². The van der Waals surface area contributed by atoms with Crippen molar-refractivity contribution in [2.24, 2.45) is 0 Å².